The second-order valence-electron chi connectivity index (χ2n) is 9.31. The molecule has 0 fully saturated rings. The van der Waals surface area contributed by atoms with Crippen LogP contribution in [-0.2, 0) is 10.0 Å². The number of allylic oxidation sites excluding steroid dienone is 2. The fourth-order valence-corrected chi connectivity index (χ4v) is 6.58. The Hall–Kier alpha value is -3.16. The Morgan fingerprint density at radius 3 is 2.59 bits per heavy atom. The van der Waals surface area contributed by atoms with Crippen LogP contribution in [0.1, 0.15) is 48.9 Å². The normalized spacial score (nSPS) is 20.1. The third-order valence-corrected chi connectivity index (χ3v) is 8.86. The van der Waals surface area contributed by atoms with Crippen molar-refractivity contribution in [2.45, 2.75) is 44.0 Å². The smallest absolute Gasteiger partial charge is 0.261 e. The van der Waals surface area contributed by atoms with Crippen LogP contribution in [0.3, 0.4) is 0 Å². The number of hydrogen-bond donors (Lipinski definition) is 2. The quantitative estimate of drug-likeness (QED) is 0.300. The van der Waals surface area contributed by atoms with E-state index in [1.165, 1.54) is 0 Å². The molecule has 5 rings (SSSR count). The van der Waals surface area contributed by atoms with E-state index in [1.54, 1.807) is 37.3 Å². The van der Waals surface area contributed by atoms with Gasteiger partial charge in [-0.1, -0.05) is 35.9 Å². The van der Waals surface area contributed by atoms with Crippen LogP contribution in [0.2, 0.25) is 5.02 Å². The zero-order chi connectivity index (χ0) is 26.2. The first-order valence-corrected chi connectivity index (χ1v) is 14.4. The lowest BCUT2D eigenvalue weighted by Crippen LogP contribution is -2.29. The number of benzene rings is 3. The predicted molar refractivity (Wildman–Crippen MR) is 149 cm³/mol. The van der Waals surface area contributed by atoms with Gasteiger partial charge in [-0.25, -0.2) is 8.42 Å². The van der Waals surface area contributed by atoms with Crippen LogP contribution in [0.25, 0.3) is 0 Å². The van der Waals surface area contributed by atoms with Crippen molar-refractivity contribution in [2.75, 3.05) is 23.3 Å². The van der Waals surface area contributed by atoms with E-state index in [9.17, 15) is 8.42 Å². The Bertz CT molecular complexity index is 1450. The van der Waals surface area contributed by atoms with Crippen LogP contribution in [0.15, 0.2) is 71.6 Å². The maximum absolute atomic E-state index is 13.3. The minimum absolute atomic E-state index is 0.0528. The molecule has 3 aromatic carbocycles. The van der Waals surface area contributed by atoms with Crippen LogP contribution in [0.4, 0.5) is 11.4 Å². The van der Waals surface area contributed by atoms with Crippen LogP contribution in [0, 0.1) is 12.8 Å². The summed E-state index contributed by atoms with van der Waals surface area (Å²) in [6.07, 6.45) is 5.28. The monoisotopic (exact) mass is 538 g/mol. The number of fused-ring (bicyclic) bond motifs is 3. The average Bonchev–Trinajstić information content (AvgIpc) is 3.38. The maximum Gasteiger partial charge on any atom is 0.261 e. The van der Waals surface area contributed by atoms with E-state index in [1.807, 2.05) is 26.0 Å². The van der Waals surface area contributed by atoms with Gasteiger partial charge in [0.1, 0.15) is 0 Å². The number of ether oxygens (including phenoxy) is 2. The number of anilines is 2. The van der Waals surface area contributed by atoms with E-state index in [2.05, 4.69) is 34.3 Å². The van der Waals surface area contributed by atoms with Crippen molar-refractivity contribution in [1.29, 1.82) is 0 Å². The lowest BCUT2D eigenvalue weighted by atomic mass is 9.77. The van der Waals surface area contributed by atoms with Crippen molar-refractivity contribution in [3.05, 3.63) is 88.5 Å². The number of hydrogen-bond acceptors (Lipinski definition) is 5. The van der Waals surface area contributed by atoms with Crippen LogP contribution in [-0.4, -0.2) is 21.6 Å². The molecule has 0 unspecified atom stereocenters. The third kappa shape index (κ3) is 4.90. The van der Waals surface area contributed by atoms with Gasteiger partial charge in [0.2, 0.25) is 0 Å². The van der Waals surface area contributed by atoms with E-state index in [-0.39, 0.29) is 22.8 Å². The summed E-state index contributed by atoms with van der Waals surface area (Å²) in [6.45, 7) is 6.84. The highest BCUT2D eigenvalue weighted by Crippen LogP contribution is 2.51. The van der Waals surface area contributed by atoms with Gasteiger partial charge in [-0.2, -0.15) is 0 Å². The van der Waals surface area contributed by atoms with Gasteiger partial charge in [0.05, 0.1) is 29.8 Å². The number of halogens is 1. The molecule has 2 N–H and O–H groups in total. The first-order valence-electron chi connectivity index (χ1n) is 12.6. The molecule has 194 valence electrons. The molecule has 6 nitrogen and oxygen atoms in total. The van der Waals surface area contributed by atoms with Crippen molar-refractivity contribution in [3.63, 3.8) is 0 Å². The van der Waals surface area contributed by atoms with Gasteiger partial charge in [-0.3, -0.25) is 4.72 Å². The minimum atomic E-state index is -3.79. The molecule has 0 aromatic heterocycles. The summed E-state index contributed by atoms with van der Waals surface area (Å²) in [5, 5.41) is 4.20. The average molecular weight is 539 g/mol. The fraction of sp³-hybridized carbons (Fsp3) is 0.310. The zero-order valence-corrected chi connectivity index (χ0v) is 22.7. The maximum atomic E-state index is 13.3. The van der Waals surface area contributed by atoms with E-state index in [4.69, 9.17) is 21.1 Å². The largest absolute Gasteiger partial charge is 0.490 e. The lowest BCUT2D eigenvalue weighted by molar-refractivity contribution is 0.287. The Balaban J connectivity index is 1.47. The Kier molecular flexibility index (Phi) is 7.10. The summed E-state index contributed by atoms with van der Waals surface area (Å²) in [5.74, 6) is 1.83. The van der Waals surface area contributed by atoms with Crippen LogP contribution >= 0.6 is 11.6 Å². The molecule has 2 aliphatic rings. The Labute approximate surface area is 223 Å². The number of nitrogens with one attached hydrogen (secondary N) is 2. The summed E-state index contributed by atoms with van der Waals surface area (Å²) in [6, 6.07) is 16.7. The molecule has 0 amide bonds. The fourth-order valence-electron chi connectivity index (χ4n) is 5.25. The SMILES string of the molecule is CCOc1ccc([C@H]2Nc3ccc(S(=O)(=O)Nc4cccc(Cl)c4C)cc3[C@H]3C=CC[C@H]32)cc1OCC. The second kappa shape index (κ2) is 10.3. The first-order chi connectivity index (χ1) is 17.8. The molecule has 37 heavy (non-hydrogen) atoms. The van der Waals surface area contributed by atoms with Gasteiger partial charge in [0.15, 0.2) is 11.5 Å². The molecular formula is C29H31ClN2O4S. The highest BCUT2D eigenvalue weighted by Gasteiger charge is 2.38. The Morgan fingerprint density at radius 2 is 1.81 bits per heavy atom. The van der Waals surface area contributed by atoms with E-state index >= 15 is 0 Å². The molecular weight excluding hydrogens is 508 g/mol. The molecule has 0 spiro atoms. The van der Waals surface area contributed by atoms with Crippen LogP contribution in [0.5, 0.6) is 11.5 Å². The standard InChI is InChI=1S/C29H31ClN2O4S/c1-4-35-27-15-12-19(16-28(27)36-5-2)29-22-9-6-8-21(22)23-17-20(13-14-26(23)31-29)37(33,34)32-25-11-7-10-24(30)18(25)3/h6-8,10-17,21-22,29,31-32H,4-5,9H2,1-3H3/t21-,22+,29+/m0/s1. The van der Waals surface area contributed by atoms with Crippen molar-refractivity contribution >= 4 is 33.0 Å². The van der Waals surface area contributed by atoms with E-state index in [0.717, 1.165) is 34.7 Å². The summed E-state index contributed by atoms with van der Waals surface area (Å²) in [4.78, 5) is 0.227. The third-order valence-electron chi connectivity index (χ3n) is 7.08. The van der Waals surface area contributed by atoms with Gasteiger partial charge in [-0.15, -0.1) is 0 Å². The van der Waals surface area contributed by atoms with Gasteiger partial charge in [0, 0.05) is 16.6 Å². The molecule has 1 aliphatic carbocycles. The minimum Gasteiger partial charge on any atom is -0.490 e. The predicted octanol–water partition coefficient (Wildman–Crippen LogP) is 7.07. The summed E-state index contributed by atoms with van der Waals surface area (Å²) in [5.41, 5.74) is 4.20. The summed E-state index contributed by atoms with van der Waals surface area (Å²) < 4.78 is 40.9. The molecule has 3 atom stereocenters. The van der Waals surface area contributed by atoms with Gasteiger partial charge >= 0.3 is 0 Å². The van der Waals surface area contributed by atoms with Gasteiger partial charge in [0.25, 0.3) is 10.0 Å². The first kappa shape index (κ1) is 25.5. The number of sulfonamides is 1. The van der Waals surface area contributed by atoms with Crippen molar-refractivity contribution in [1.82, 2.24) is 0 Å². The second-order valence-corrected chi connectivity index (χ2v) is 11.4. The molecule has 0 radical (unpaired) electrons. The zero-order valence-electron chi connectivity index (χ0n) is 21.1. The van der Waals surface area contributed by atoms with Gasteiger partial charge < -0.3 is 14.8 Å². The molecule has 8 heteroatoms. The molecule has 3 aromatic rings. The van der Waals surface area contributed by atoms with Crippen molar-refractivity contribution in [2.24, 2.45) is 5.92 Å². The van der Waals surface area contributed by atoms with E-state index < -0.39 is 10.0 Å². The van der Waals surface area contributed by atoms with Crippen molar-refractivity contribution in [3.8, 4) is 11.5 Å². The molecule has 0 saturated carbocycles. The summed E-state index contributed by atoms with van der Waals surface area (Å²) >= 11 is 6.19. The molecule has 1 heterocycles. The lowest BCUT2D eigenvalue weighted by Gasteiger charge is -2.38. The van der Waals surface area contributed by atoms with Crippen LogP contribution < -0.4 is 19.5 Å². The van der Waals surface area contributed by atoms with Gasteiger partial charge in [-0.05, 0) is 92.3 Å². The van der Waals surface area contributed by atoms with Crippen molar-refractivity contribution < 1.29 is 17.9 Å². The molecule has 1 aliphatic heterocycles. The molecule has 0 saturated heterocycles. The van der Waals surface area contributed by atoms with E-state index in [0.29, 0.717) is 29.5 Å². The number of rotatable bonds is 8. The molecule has 0 bridgehead atoms. The topological polar surface area (TPSA) is 76.7 Å². The highest BCUT2D eigenvalue weighted by molar-refractivity contribution is 7.92. The Morgan fingerprint density at radius 1 is 1.03 bits per heavy atom. The summed E-state index contributed by atoms with van der Waals surface area (Å²) in [7, 11) is -3.79. The highest BCUT2D eigenvalue weighted by atomic mass is 35.5.